The smallest absolute Gasteiger partial charge is 0.223 e. The van der Waals surface area contributed by atoms with Gasteiger partial charge < -0.3 is 10.2 Å². The third kappa shape index (κ3) is 4.69. The SMILES string of the molecule is Cc1cc(C)nc(NC2CCN(C(=O)CC(C)C)CC2)n1. The van der Waals surface area contributed by atoms with Crippen molar-refractivity contribution >= 4 is 11.9 Å². The Hall–Kier alpha value is -1.65. The highest BCUT2D eigenvalue weighted by atomic mass is 16.2. The zero-order valence-electron chi connectivity index (χ0n) is 13.5. The molecule has 1 aliphatic heterocycles. The van der Waals surface area contributed by atoms with E-state index in [-0.39, 0.29) is 5.91 Å². The van der Waals surface area contributed by atoms with Gasteiger partial charge in [-0.1, -0.05) is 13.8 Å². The number of carbonyl (C=O) groups excluding carboxylic acids is 1. The second-order valence-corrected chi connectivity index (χ2v) is 6.37. The van der Waals surface area contributed by atoms with Crippen LogP contribution in [-0.4, -0.2) is 39.9 Å². The molecular weight excluding hydrogens is 264 g/mol. The lowest BCUT2D eigenvalue weighted by Gasteiger charge is -2.33. The Kier molecular flexibility index (Phi) is 5.15. The van der Waals surface area contributed by atoms with Crippen molar-refractivity contribution in [3.8, 4) is 0 Å². The number of carbonyl (C=O) groups is 1. The number of piperidine rings is 1. The van der Waals surface area contributed by atoms with Crippen LogP contribution in [0.3, 0.4) is 0 Å². The molecule has 1 aromatic rings. The van der Waals surface area contributed by atoms with Crippen molar-refractivity contribution in [1.29, 1.82) is 0 Å². The van der Waals surface area contributed by atoms with Gasteiger partial charge in [0.25, 0.3) is 0 Å². The maximum atomic E-state index is 12.0. The van der Waals surface area contributed by atoms with Crippen LogP contribution in [0.15, 0.2) is 6.07 Å². The summed E-state index contributed by atoms with van der Waals surface area (Å²) in [6.45, 7) is 9.79. The number of rotatable bonds is 4. The summed E-state index contributed by atoms with van der Waals surface area (Å²) < 4.78 is 0. The summed E-state index contributed by atoms with van der Waals surface area (Å²) in [5.74, 6) is 1.42. The van der Waals surface area contributed by atoms with Gasteiger partial charge in [0, 0.05) is 36.9 Å². The fourth-order valence-electron chi connectivity index (χ4n) is 2.72. The topological polar surface area (TPSA) is 58.1 Å². The normalized spacial score (nSPS) is 16.3. The number of nitrogens with one attached hydrogen (secondary N) is 1. The minimum absolute atomic E-state index is 0.283. The van der Waals surface area contributed by atoms with Crippen LogP contribution in [0.4, 0.5) is 5.95 Å². The number of amides is 1. The van der Waals surface area contributed by atoms with Crippen molar-refractivity contribution in [1.82, 2.24) is 14.9 Å². The summed E-state index contributed by atoms with van der Waals surface area (Å²) in [5, 5.41) is 3.40. The number of nitrogens with zero attached hydrogens (tertiary/aromatic N) is 3. The first-order valence-electron chi connectivity index (χ1n) is 7.80. The maximum absolute atomic E-state index is 12.0. The number of aromatic nitrogens is 2. The van der Waals surface area contributed by atoms with E-state index in [4.69, 9.17) is 0 Å². The molecule has 0 radical (unpaired) electrons. The lowest BCUT2D eigenvalue weighted by molar-refractivity contribution is -0.132. The third-order valence-corrected chi connectivity index (χ3v) is 3.75. The van der Waals surface area contributed by atoms with Gasteiger partial charge in [0.2, 0.25) is 11.9 Å². The highest BCUT2D eigenvalue weighted by Gasteiger charge is 2.23. The van der Waals surface area contributed by atoms with Crippen LogP contribution in [-0.2, 0) is 4.79 Å². The van der Waals surface area contributed by atoms with Crippen LogP contribution in [0.2, 0.25) is 0 Å². The number of anilines is 1. The van der Waals surface area contributed by atoms with Gasteiger partial charge in [-0.15, -0.1) is 0 Å². The molecule has 1 aliphatic rings. The molecule has 2 rings (SSSR count). The van der Waals surface area contributed by atoms with Crippen LogP contribution in [0.1, 0.15) is 44.5 Å². The predicted octanol–water partition coefficient (Wildman–Crippen LogP) is 2.54. The fraction of sp³-hybridized carbons (Fsp3) is 0.688. The van der Waals surface area contributed by atoms with Crippen LogP contribution in [0.25, 0.3) is 0 Å². The fourth-order valence-corrected chi connectivity index (χ4v) is 2.72. The largest absolute Gasteiger partial charge is 0.351 e. The van der Waals surface area contributed by atoms with E-state index in [0.29, 0.717) is 24.3 Å². The molecule has 1 fully saturated rings. The molecule has 0 atom stereocenters. The van der Waals surface area contributed by atoms with Gasteiger partial charge in [-0.25, -0.2) is 9.97 Å². The van der Waals surface area contributed by atoms with Crippen LogP contribution >= 0.6 is 0 Å². The van der Waals surface area contributed by atoms with E-state index in [1.165, 1.54) is 0 Å². The van der Waals surface area contributed by atoms with Gasteiger partial charge in [0.05, 0.1) is 0 Å². The standard InChI is InChI=1S/C16H26N4O/c1-11(2)9-15(21)20-7-5-14(6-8-20)19-16-17-12(3)10-13(4)18-16/h10-11,14H,5-9H2,1-4H3,(H,17,18,19). The number of hydrogen-bond donors (Lipinski definition) is 1. The van der Waals surface area contributed by atoms with E-state index in [1.807, 2.05) is 24.8 Å². The molecular formula is C16H26N4O. The van der Waals surface area contributed by atoms with Gasteiger partial charge >= 0.3 is 0 Å². The molecule has 1 saturated heterocycles. The Morgan fingerprint density at radius 3 is 2.38 bits per heavy atom. The molecule has 2 heterocycles. The molecule has 1 aromatic heterocycles. The highest BCUT2D eigenvalue weighted by molar-refractivity contribution is 5.76. The predicted molar refractivity (Wildman–Crippen MR) is 84.2 cm³/mol. The van der Waals surface area contributed by atoms with Crippen molar-refractivity contribution < 1.29 is 4.79 Å². The van der Waals surface area contributed by atoms with Crippen LogP contribution < -0.4 is 5.32 Å². The number of hydrogen-bond acceptors (Lipinski definition) is 4. The van der Waals surface area contributed by atoms with Gasteiger partial charge in [-0.05, 0) is 38.7 Å². The van der Waals surface area contributed by atoms with E-state index in [0.717, 1.165) is 37.3 Å². The molecule has 5 nitrogen and oxygen atoms in total. The zero-order chi connectivity index (χ0) is 15.4. The summed E-state index contributed by atoms with van der Waals surface area (Å²) in [7, 11) is 0. The Balaban J connectivity index is 1.85. The van der Waals surface area contributed by atoms with E-state index in [9.17, 15) is 4.79 Å². The second-order valence-electron chi connectivity index (χ2n) is 6.37. The first-order valence-corrected chi connectivity index (χ1v) is 7.80. The molecule has 0 bridgehead atoms. The second kappa shape index (κ2) is 6.87. The molecule has 0 aromatic carbocycles. The zero-order valence-corrected chi connectivity index (χ0v) is 13.5. The van der Waals surface area contributed by atoms with Crippen molar-refractivity contribution in [2.24, 2.45) is 5.92 Å². The van der Waals surface area contributed by atoms with Crippen molar-refractivity contribution in [2.75, 3.05) is 18.4 Å². The summed E-state index contributed by atoms with van der Waals surface area (Å²) in [6, 6.07) is 2.33. The molecule has 21 heavy (non-hydrogen) atoms. The first-order chi connectivity index (χ1) is 9.94. The summed E-state index contributed by atoms with van der Waals surface area (Å²) in [4.78, 5) is 22.9. The minimum atomic E-state index is 0.283. The third-order valence-electron chi connectivity index (χ3n) is 3.75. The molecule has 1 amide bonds. The molecule has 0 aliphatic carbocycles. The van der Waals surface area contributed by atoms with Gasteiger partial charge in [-0.2, -0.15) is 0 Å². The lowest BCUT2D eigenvalue weighted by Crippen LogP contribution is -2.42. The molecule has 0 spiro atoms. The van der Waals surface area contributed by atoms with E-state index in [1.54, 1.807) is 0 Å². The number of aryl methyl sites for hydroxylation is 2. The van der Waals surface area contributed by atoms with Crippen molar-refractivity contribution in [2.45, 2.75) is 53.0 Å². The van der Waals surface area contributed by atoms with Crippen molar-refractivity contribution in [3.05, 3.63) is 17.5 Å². The summed E-state index contributed by atoms with van der Waals surface area (Å²) >= 11 is 0. The molecule has 1 N–H and O–H groups in total. The summed E-state index contributed by atoms with van der Waals surface area (Å²) in [5.41, 5.74) is 1.96. The summed E-state index contributed by atoms with van der Waals surface area (Å²) in [6.07, 6.45) is 2.57. The quantitative estimate of drug-likeness (QED) is 0.926. The van der Waals surface area contributed by atoms with Gasteiger partial charge in [0.1, 0.15) is 0 Å². The monoisotopic (exact) mass is 290 g/mol. The van der Waals surface area contributed by atoms with E-state index < -0.39 is 0 Å². The highest BCUT2D eigenvalue weighted by Crippen LogP contribution is 2.16. The molecule has 116 valence electrons. The van der Waals surface area contributed by atoms with E-state index >= 15 is 0 Å². The Morgan fingerprint density at radius 1 is 1.29 bits per heavy atom. The average molecular weight is 290 g/mol. The van der Waals surface area contributed by atoms with Gasteiger partial charge in [-0.3, -0.25) is 4.79 Å². The molecule has 0 saturated carbocycles. The Bertz CT molecular complexity index is 473. The van der Waals surface area contributed by atoms with E-state index in [2.05, 4.69) is 29.1 Å². The Labute approximate surface area is 127 Å². The molecule has 0 unspecified atom stereocenters. The van der Waals surface area contributed by atoms with Crippen LogP contribution in [0, 0.1) is 19.8 Å². The Morgan fingerprint density at radius 2 is 1.86 bits per heavy atom. The van der Waals surface area contributed by atoms with Gasteiger partial charge in [0.15, 0.2) is 0 Å². The minimum Gasteiger partial charge on any atom is -0.351 e. The van der Waals surface area contributed by atoms with Crippen molar-refractivity contribution in [3.63, 3.8) is 0 Å². The first kappa shape index (κ1) is 15.7. The molecule has 5 heteroatoms. The average Bonchev–Trinajstić information content (AvgIpc) is 2.37. The number of likely N-dealkylation sites (tertiary alicyclic amines) is 1. The van der Waals surface area contributed by atoms with Crippen LogP contribution in [0.5, 0.6) is 0 Å². The maximum Gasteiger partial charge on any atom is 0.223 e. The lowest BCUT2D eigenvalue weighted by atomic mass is 10.0.